The van der Waals surface area contributed by atoms with E-state index in [2.05, 4.69) is 0 Å². The molecule has 1 aromatic carbocycles. The normalized spacial score (nSPS) is 33.9. The van der Waals surface area contributed by atoms with E-state index in [9.17, 15) is 13.2 Å². The first-order valence-corrected chi connectivity index (χ1v) is 14.3. The lowest BCUT2D eigenvalue weighted by molar-refractivity contribution is -0.239. The van der Waals surface area contributed by atoms with Crippen LogP contribution in [-0.4, -0.2) is 79.1 Å². The molecule has 1 aromatic rings. The maximum absolute atomic E-state index is 13.6. The van der Waals surface area contributed by atoms with Crippen LogP contribution in [0.15, 0.2) is 35.2 Å². The highest BCUT2D eigenvalue weighted by atomic mass is 32.2. The predicted octanol–water partition coefficient (Wildman–Crippen LogP) is 3.45. The van der Waals surface area contributed by atoms with Gasteiger partial charge in [0.1, 0.15) is 17.1 Å². The molecule has 0 N–H and O–H groups in total. The van der Waals surface area contributed by atoms with Gasteiger partial charge in [-0.2, -0.15) is 4.31 Å². The fourth-order valence-corrected chi connectivity index (χ4v) is 7.69. The fraction of sp³-hybridized carbons (Fsp3) is 0.720. The Balaban J connectivity index is 1.76. The van der Waals surface area contributed by atoms with E-state index < -0.39 is 55.6 Å². The van der Waals surface area contributed by atoms with Crippen molar-refractivity contribution in [2.75, 3.05) is 20.3 Å². The summed E-state index contributed by atoms with van der Waals surface area (Å²) in [5.74, 6) is -0.349. The van der Waals surface area contributed by atoms with Crippen LogP contribution in [-0.2, 0) is 33.8 Å². The maximum Gasteiger partial charge on any atom is 0.311 e. The molecule has 2 bridgehead atoms. The molecular formula is C25H37NO7S2. The second-order valence-electron chi connectivity index (χ2n) is 11.4. The van der Waals surface area contributed by atoms with Crippen LogP contribution in [0.25, 0.3) is 0 Å². The van der Waals surface area contributed by atoms with Crippen molar-refractivity contribution in [1.82, 2.24) is 4.31 Å². The molecule has 3 aliphatic rings. The highest BCUT2D eigenvalue weighted by molar-refractivity contribution is 7.99. The molecule has 0 aromatic heterocycles. The summed E-state index contributed by atoms with van der Waals surface area (Å²) in [7, 11) is -2.12. The number of sulfonamides is 1. The van der Waals surface area contributed by atoms with Crippen molar-refractivity contribution in [2.24, 2.45) is 5.41 Å². The van der Waals surface area contributed by atoms with Crippen LogP contribution in [0.5, 0.6) is 0 Å². The van der Waals surface area contributed by atoms with Crippen LogP contribution in [0, 0.1) is 5.41 Å². The van der Waals surface area contributed by atoms with Crippen molar-refractivity contribution in [2.45, 2.75) is 93.0 Å². The number of carbonyl (C=O) groups is 1. The van der Waals surface area contributed by atoms with Gasteiger partial charge >= 0.3 is 5.97 Å². The van der Waals surface area contributed by atoms with Crippen molar-refractivity contribution in [3.63, 3.8) is 0 Å². The average molecular weight is 528 g/mol. The molecule has 3 fully saturated rings. The van der Waals surface area contributed by atoms with Gasteiger partial charge in [0.2, 0.25) is 10.0 Å². The number of nitrogens with zero attached hydrogens (tertiary/aromatic N) is 1. The van der Waals surface area contributed by atoms with E-state index in [4.69, 9.17) is 18.9 Å². The van der Waals surface area contributed by atoms with Crippen molar-refractivity contribution in [3.05, 3.63) is 30.3 Å². The van der Waals surface area contributed by atoms with E-state index in [0.717, 1.165) is 4.90 Å². The fourth-order valence-electron chi connectivity index (χ4n) is 4.92. The zero-order chi connectivity index (χ0) is 25.8. The molecule has 35 heavy (non-hydrogen) atoms. The van der Waals surface area contributed by atoms with Crippen molar-refractivity contribution in [3.8, 4) is 0 Å². The van der Waals surface area contributed by atoms with Crippen LogP contribution in [0.1, 0.15) is 48.0 Å². The number of carbonyl (C=O) groups excluding carboxylic acids is 1. The number of rotatable bonds is 5. The Labute approximate surface area is 213 Å². The Morgan fingerprint density at radius 1 is 1.14 bits per heavy atom. The Morgan fingerprint density at radius 3 is 2.37 bits per heavy atom. The first-order valence-electron chi connectivity index (χ1n) is 12.0. The highest BCUT2D eigenvalue weighted by Gasteiger charge is 2.70. The number of esters is 1. The summed E-state index contributed by atoms with van der Waals surface area (Å²) in [5, 5.41) is 0. The number of methoxy groups -OCH3 is 1. The molecule has 0 aliphatic carbocycles. The van der Waals surface area contributed by atoms with Crippen LogP contribution in [0.3, 0.4) is 0 Å². The molecule has 0 radical (unpaired) electrons. The lowest BCUT2D eigenvalue weighted by Gasteiger charge is -2.55. The molecule has 4 rings (SSSR count). The summed E-state index contributed by atoms with van der Waals surface area (Å²) in [6.45, 7) is 10.9. The second kappa shape index (κ2) is 9.29. The van der Waals surface area contributed by atoms with Crippen molar-refractivity contribution >= 4 is 27.8 Å². The van der Waals surface area contributed by atoms with Gasteiger partial charge in [0, 0.05) is 18.6 Å². The molecule has 196 valence electrons. The van der Waals surface area contributed by atoms with Gasteiger partial charge in [0.25, 0.3) is 0 Å². The molecular weight excluding hydrogens is 490 g/mol. The lowest BCUT2D eigenvalue weighted by atomic mass is 9.78. The third-order valence-electron chi connectivity index (χ3n) is 6.98. The van der Waals surface area contributed by atoms with E-state index in [1.54, 1.807) is 27.9 Å². The van der Waals surface area contributed by atoms with E-state index in [-0.39, 0.29) is 19.1 Å². The minimum atomic E-state index is -3.67. The quantitative estimate of drug-likeness (QED) is 0.538. The zero-order valence-corrected chi connectivity index (χ0v) is 23.1. The van der Waals surface area contributed by atoms with Gasteiger partial charge in [-0.3, -0.25) is 4.79 Å². The minimum absolute atomic E-state index is 0.184. The molecule has 3 saturated heterocycles. The predicted molar refractivity (Wildman–Crippen MR) is 134 cm³/mol. The molecule has 0 unspecified atom stereocenters. The highest BCUT2D eigenvalue weighted by Crippen LogP contribution is 2.53. The van der Waals surface area contributed by atoms with E-state index in [0.29, 0.717) is 6.42 Å². The van der Waals surface area contributed by atoms with Gasteiger partial charge in [-0.25, -0.2) is 8.42 Å². The van der Waals surface area contributed by atoms with Crippen molar-refractivity contribution in [1.29, 1.82) is 0 Å². The van der Waals surface area contributed by atoms with Gasteiger partial charge in [-0.05, 0) is 60.1 Å². The van der Waals surface area contributed by atoms with E-state index >= 15 is 0 Å². The molecule has 3 heterocycles. The van der Waals surface area contributed by atoms with Crippen LogP contribution in [0.4, 0.5) is 0 Å². The number of hydrogen-bond acceptors (Lipinski definition) is 8. The van der Waals surface area contributed by atoms with Crippen molar-refractivity contribution < 1.29 is 32.2 Å². The first-order chi connectivity index (χ1) is 16.2. The molecule has 8 nitrogen and oxygen atoms in total. The Hall–Kier alpha value is -1.17. The number of hydrogen-bond donors (Lipinski definition) is 0. The smallest absolute Gasteiger partial charge is 0.311 e. The summed E-state index contributed by atoms with van der Waals surface area (Å²) in [6, 6.07) is 9.15. The average Bonchev–Trinajstić information content (AvgIpc) is 3.07. The van der Waals surface area contributed by atoms with Crippen LogP contribution >= 0.6 is 11.8 Å². The summed E-state index contributed by atoms with van der Waals surface area (Å²) >= 11 is 1.46. The number of thioether (sulfide) groups is 1. The molecule has 0 saturated carbocycles. The molecule has 0 amide bonds. The summed E-state index contributed by atoms with van der Waals surface area (Å²) in [6.07, 6.45) is -1.51. The minimum Gasteiger partial charge on any atom is -0.455 e. The number of ether oxygens (including phenoxy) is 4. The van der Waals surface area contributed by atoms with Gasteiger partial charge in [0.15, 0.2) is 6.10 Å². The molecule has 6 atom stereocenters. The molecule has 3 aliphatic heterocycles. The number of piperidine rings is 1. The number of benzene rings is 1. The van der Waals surface area contributed by atoms with E-state index in [1.807, 2.05) is 51.1 Å². The maximum atomic E-state index is 13.6. The largest absolute Gasteiger partial charge is 0.455 e. The summed E-state index contributed by atoms with van der Waals surface area (Å²) in [4.78, 5) is 14.0. The molecule has 0 spiro atoms. The van der Waals surface area contributed by atoms with Gasteiger partial charge < -0.3 is 18.9 Å². The third kappa shape index (κ3) is 4.66. The van der Waals surface area contributed by atoms with Crippen LogP contribution < -0.4 is 0 Å². The first kappa shape index (κ1) is 26.9. The topological polar surface area (TPSA) is 91.4 Å². The van der Waals surface area contributed by atoms with E-state index in [1.165, 1.54) is 16.1 Å². The standard InChI is InChI=1S/C25H37NO7S2/c1-23(2,3)22(27)33-20-21(34-16-11-9-8-10-12-16)32-19-18-17(30-7)15-31-25(19,20)13-14-26(18)35(28,29)24(4,5)6/h8-12,17-21H,13-15H2,1-7H3/t17-,18-,19-,20+,21-,25-/m1/s1. The van der Waals surface area contributed by atoms with Crippen LogP contribution in [0.2, 0.25) is 0 Å². The Morgan fingerprint density at radius 2 is 1.80 bits per heavy atom. The Kier molecular flexibility index (Phi) is 7.14. The zero-order valence-electron chi connectivity index (χ0n) is 21.5. The monoisotopic (exact) mass is 527 g/mol. The second-order valence-corrected chi connectivity index (χ2v) is 15.3. The summed E-state index contributed by atoms with van der Waals surface area (Å²) < 4.78 is 52.7. The summed E-state index contributed by atoms with van der Waals surface area (Å²) in [5.41, 5.74) is -2.24. The third-order valence-corrected chi connectivity index (χ3v) is 10.7. The van der Waals surface area contributed by atoms with Gasteiger partial charge in [-0.1, -0.05) is 30.0 Å². The molecule has 10 heteroatoms. The Bertz CT molecular complexity index is 1030. The SMILES string of the molecule is CO[C@@H]1CO[C@]23CCN(S(=O)(=O)C(C)(C)C)[C@H]1[C@H]2O[C@H](Sc1ccccc1)[C@@H]3OC(=O)C(C)(C)C. The lowest BCUT2D eigenvalue weighted by Crippen LogP contribution is -2.73. The van der Waals surface area contributed by atoms with Gasteiger partial charge in [-0.15, -0.1) is 0 Å². The van der Waals surface area contributed by atoms with Gasteiger partial charge in [0.05, 0.1) is 28.9 Å².